The summed E-state index contributed by atoms with van der Waals surface area (Å²) >= 11 is 0. The van der Waals surface area contributed by atoms with E-state index in [1.54, 1.807) is 18.2 Å². The van der Waals surface area contributed by atoms with Crippen LogP contribution in [0.3, 0.4) is 0 Å². The van der Waals surface area contributed by atoms with Gasteiger partial charge in [-0.25, -0.2) is 14.1 Å². The fourth-order valence-electron chi connectivity index (χ4n) is 3.39. The summed E-state index contributed by atoms with van der Waals surface area (Å²) in [6.45, 7) is 4.38. The van der Waals surface area contributed by atoms with Crippen LogP contribution in [0.15, 0.2) is 24.3 Å². The van der Waals surface area contributed by atoms with E-state index in [1.165, 1.54) is 10.7 Å². The molecule has 0 radical (unpaired) electrons. The van der Waals surface area contributed by atoms with Gasteiger partial charge in [-0.15, -0.1) is 5.10 Å². The lowest BCUT2D eigenvalue weighted by atomic mass is 9.93. The number of piperidine rings is 1. The normalized spacial score (nSPS) is 15.4. The van der Waals surface area contributed by atoms with Gasteiger partial charge in [-0.05, 0) is 50.9 Å². The maximum Gasteiger partial charge on any atom is 0.293 e. The largest absolute Gasteiger partial charge is 0.336 e. The van der Waals surface area contributed by atoms with E-state index in [-0.39, 0.29) is 17.5 Å². The average molecular weight is 359 g/mol. The summed E-state index contributed by atoms with van der Waals surface area (Å²) in [5.74, 6) is 0.848. The number of aryl methyl sites for hydroxylation is 1. The Hall–Kier alpha value is -2.28. The third-order valence-electron chi connectivity index (χ3n) is 4.97. The maximum absolute atomic E-state index is 14.1. The molecule has 0 aliphatic carbocycles. The van der Waals surface area contributed by atoms with Crippen molar-refractivity contribution in [2.75, 3.05) is 26.7 Å². The van der Waals surface area contributed by atoms with Crippen molar-refractivity contribution in [2.24, 2.45) is 5.92 Å². The van der Waals surface area contributed by atoms with E-state index in [0.29, 0.717) is 23.9 Å². The molecule has 0 saturated carbocycles. The number of carbonyl (C=O) groups excluding carboxylic acids is 1. The first-order valence-electron chi connectivity index (χ1n) is 9.28. The molecule has 1 N–H and O–H groups in total. The first-order valence-corrected chi connectivity index (χ1v) is 9.28. The van der Waals surface area contributed by atoms with E-state index < -0.39 is 0 Å². The Bertz CT molecular complexity index is 752. The molecule has 2 aromatic rings. The summed E-state index contributed by atoms with van der Waals surface area (Å²) in [4.78, 5) is 19.0. The van der Waals surface area contributed by atoms with Crippen LogP contribution in [0.1, 0.15) is 42.6 Å². The molecule has 3 rings (SSSR count). The van der Waals surface area contributed by atoms with Gasteiger partial charge in [0.05, 0.1) is 0 Å². The number of nitrogens with one attached hydrogen (secondary N) is 1. The molecule has 140 valence electrons. The van der Waals surface area contributed by atoms with Crippen molar-refractivity contribution in [3.8, 4) is 5.69 Å². The quantitative estimate of drug-likeness (QED) is 0.860. The van der Waals surface area contributed by atoms with E-state index >= 15 is 0 Å². The Morgan fingerprint density at radius 3 is 2.69 bits per heavy atom. The molecule has 1 fully saturated rings. The van der Waals surface area contributed by atoms with Gasteiger partial charge >= 0.3 is 0 Å². The molecule has 1 saturated heterocycles. The van der Waals surface area contributed by atoms with E-state index in [4.69, 9.17) is 0 Å². The van der Waals surface area contributed by atoms with E-state index in [2.05, 4.69) is 15.4 Å². The Kier molecular flexibility index (Phi) is 5.98. The van der Waals surface area contributed by atoms with Crippen molar-refractivity contribution in [3.63, 3.8) is 0 Å². The highest BCUT2D eigenvalue weighted by Crippen LogP contribution is 2.21. The summed E-state index contributed by atoms with van der Waals surface area (Å²) in [6, 6.07) is 6.40. The van der Waals surface area contributed by atoms with Gasteiger partial charge in [0, 0.05) is 19.5 Å². The molecule has 1 aliphatic rings. The SMILES string of the molecule is CCc1nc(C(=O)N2CCC(CCNC)CC2)nn1-c1ccccc1F. The summed E-state index contributed by atoms with van der Waals surface area (Å²) in [7, 11) is 1.96. The van der Waals surface area contributed by atoms with Crippen molar-refractivity contribution < 1.29 is 9.18 Å². The summed E-state index contributed by atoms with van der Waals surface area (Å²) < 4.78 is 15.6. The Balaban J connectivity index is 1.74. The Morgan fingerprint density at radius 1 is 1.31 bits per heavy atom. The highest BCUT2D eigenvalue weighted by atomic mass is 19.1. The van der Waals surface area contributed by atoms with Crippen LogP contribution in [0.5, 0.6) is 0 Å². The molecule has 6 nitrogen and oxygen atoms in total. The monoisotopic (exact) mass is 359 g/mol. The highest BCUT2D eigenvalue weighted by Gasteiger charge is 2.27. The summed E-state index contributed by atoms with van der Waals surface area (Å²) in [6.07, 6.45) is 3.71. The van der Waals surface area contributed by atoms with Crippen molar-refractivity contribution >= 4 is 5.91 Å². The van der Waals surface area contributed by atoms with Crippen LogP contribution in [0.4, 0.5) is 4.39 Å². The standard InChI is InChI=1S/C19H26FN5O/c1-3-17-22-18(23-25(17)16-7-5-4-6-15(16)20)19(26)24-12-9-14(10-13-24)8-11-21-2/h4-7,14,21H,3,8-13H2,1-2H3. The van der Waals surface area contributed by atoms with Gasteiger partial charge in [-0.3, -0.25) is 4.79 Å². The minimum absolute atomic E-state index is 0.152. The van der Waals surface area contributed by atoms with Crippen LogP contribution < -0.4 is 5.32 Å². The van der Waals surface area contributed by atoms with Gasteiger partial charge < -0.3 is 10.2 Å². The zero-order valence-electron chi connectivity index (χ0n) is 15.4. The van der Waals surface area contributed by atoms with Crippen molar-refractivity contribution in [2.45, 2.75) is 32.6 Å². The number of hydrogen-bond acceptors (Lipinski definition) is 4. The van der Waals surface area contributed by atoms with Gasteiger partial charge in [-0.1, -0.05) is 19.1 Å². The number of halogens is 1. The zero-order chi connectivity index (χ0) is 18.5. The number of amides is 1. The topological polar surface area (TPSA) is 63.1 Å². The molecule has 1 amide bonds. The third-order valence-corrected chi connectivity index (χ3v) is 4.97. The van der Waals surface area contributed by atoms with Crippen LogP contribution in [-0.2, 0) is 6.42 Å². The molecule has 0 atom stereocenters. The Labute approximate surface area is 153 Å². The average Bonchev–Trinajstić information content (AvgIpc) is 3.10. The fraction of sp³-hybridized carbons (Fsp3) is 0.526. The minimum atomic E-state index is -0.378. The van der Waals surface area contributed by atoms with Crippen LogP contribution in [0.25, 0.3) is 5.69 Å². The van der Waals surface area contributed by atoms with Gasteiger partial charge in [-0.2, -0.15) is 0 Å². The van der Waals surface area contributed by atoms with Gasteiger partial charge in [0.15, 0.2) is 0 Å². The van der Waals surface area contributed by atoms with Crippen LogP contribution >= 0.6 is 0 Å². The second kappa shape index (κ2) is 8.40. The molecular weight excluding hydrogens is 333 g/mol. The number of benzene rings is 1. The lowest BCUT2D eigenvalue weighted by Crippen LogP contribution is -2.39. The predicted molar refractivity (Wildman–Crippen MR) is 97.9 cm³/mol. The van der Waals surface area contributed by atoms with Crippen LogP contribution in [-0.4, -0.2) is 52.3 Å². The minimum Gasteiger partial charge on any atom is -0.336 e. The summed E-state index contributed by atoms with van der Waals surface area (Å²) in [5, 5.41) is 7.50. The first kappa shape index (κ1) is 18.5. The number of aromatic nitrogens is 3. The second-order valence-corrected chi connectivity index (χ2v) is 6.70. The number of likely N-dealkylation sites (tertiary alicyclic amines) is 1. The molecule has 7 heteroatoms. The van der Waals surface area contributed by atoms with E-state index in [0.717, 1.165) is 38.9 Å². The molecule has 0 bridgehead atoms. The maximum atomic E-state index is 14.1. The van der Waals surface area contributed by atoms with Crippen LogP contribution in [0.2, 0.25) is 0 Å². The molecule has 0 spiro atoms. The molecule has 1 aromatic carbocycles. The zero-order valence-corrected chi connectivity index (χ0v) is 15.4. The van der Waals surface area contributed by atoms with E-state index in [1.807, 2.05) is 18.9 Å². The summed E-state index contributed by atoms with van der Waals surface area (Å²) in [5.41, 5.74) is 0.321. The molecule has 26 heavy (non-hydrogen) atoms. The smallest absolute Gasteiger partial charge is 0.293 e. The second-order valence-electron chi connectivity index (χ2n) is 6.70. The Morgan fingerprint density at radius 2 is 2.04 bits per heavy atom. The van der Waals surface area contributed by atoms with Crippen LogP contribution in [0, 0.1) is 11.7 Å². The van der Waals surface area contributed by atoms with Crippen molar-refractivity contribution in [3.05, 3.63) is 41.7 Å². The van der Waals surface area contributed by atoms with Gasteiger partial charge in [0.2, 0.25) is 5.82 Å². The van der Waals surface area contributed by atoms with Gasteiger partial charge in [0.1, 0.15) is 17.3 Å². The molecule has 1 aromatic heterocycles. The molecule has 1 aliphatic heterocycles. The highest BCUT2D eigenvalue weighted by molar-refractivity contribution is 5.90. The van der Waals surface area contributed by atoms with Gasteiger partial charge in [0.25, 0.3) is 5.91 Å². The number of hydrogen-bond donors (Lipinski definition) is 1. The molecular formula is C19H26FN5O. The number of rotatable bonds is 6. The number of carbonyl (C=O) groups is 1. The molecule has 0 unspecified atom stereocenters. The lowest BCUT2D eigenvalue weighted by Gasteiger charge is -2.31. The molecule has 2 heterocycles. The third kappa shape index (κ3) is 3.93. The predicted octanol–water partition coefficient (Wildman–Crippen LogP) is 2.43. The lowest BCUT2D eigenvalue weighted by molar-refractivity contribution is 0.0674. The fourth-order valence-corrected chi connectivity index (χ4v) is 3.39. The number of para-hydroxylation sites is 1. The van der Waals surface area contributed by atoms with Crippen molar-refractivity contribution in [1.29, 1.82) is 0 Å². The van der Waals surface area contributed by atoms with Crippen molar-refractivity contribution in [1.82, 2.24) is 25.0 Å². The van der Waals surface area contributed by atoms with E-state index in [9.17, 15) is 9.18 Å². The number of nitrogens with zero attached hydrogens (tertiary/aromatic N) is 4. The first-order chi connectivity index (χ1) is 12.6.